The lowest BCUT2D eigenvalue weighted by Gasteiger charge is -2.47. The molecule has 2 aliphatic heterocycles. The van der Waals surface area contributed by atoms with E-state index >= 15 is 0 Å². The van der Waals surface area contributed by atoms with E-state index in [0.29, 0.717) is 0 Å². The maximum absolute atomic E-state index is 14.6. The van der Waals surface area contributed by atoms with Crippen LogP contribution in [-0.4, -0.2) is 93.7 Å². The Morgan fingerprint density at radius 1 is 0.289 bits per heavy atom. The van der Waals surface area contributed by atoms with E-state index in [4.69, 9.17) is 56.8 Å². The van der Waals surface area contributed by atoms with E-state index < -0.39 is 73.4 Å². The van der Waals surface area contributed by atoms with Gasteiger partial charge in [-0.3, -0.25) is 0 Å². The fourth-order valence-electron chi connectivity index (χ4n) is 11.0. The smallest absolute Gasteiger partial charge is 0.339 e. The molecular formula is C76H74O14. The number of esters is 2. The molecule has 9 aromatic rings. The summed E-state index contributed by atoms with van der Waals surface area (Å²) in [5.41, 5.74) is 8.43. The Hall–Kier alpha value is -8.48. The molecule has 0 saturated carbocycles. The molecule has 0 aromatic heterocycles. The summed E-state index contributed by atoms with van der Waals surface area (Å²) in [5.74, 6) is -1.48. The van der Waals surface area contributed by atoms with Gasteiger partial charge in [-0.15, -0.1) is 0 Å². The van der Waals surface area contributed by atoms with Crippen molar-refractivity contribution in [1.29, 1.82) is 0 Å². The standard InChI is InChI=1S/C76H74O14/c1-79-75-71(84-49-58-33-17-6-18-34-58)69(82-47-56-29-13-4-14-30-56)68(81-46-55-27-11-3-12-28-55)66(89-75)53-88-76-72(85-50-59-35-19-7-20-36-59)70(83-48-57-31-15-5-16-32-57)67(80-45-54-25-9-2-10-26-54)65(90-76)52-87-74(78)64-40-24-23-39-63(64)73(77)86-51-60-41-43-62(44-42-60)61-37-21-8-22-38-61/h2-44,65-72,75-76H,45-53H2,1H3/t65-,66-,67-,68-,69+,70+,71-,72-,75+,76+/m1/s1. The van der Waals surface area contributed by atoms with Crippen molar-refractivity contribution in [2.24, 2.45) is 0 Å². The zero-order chi connectivity index (χ0) is 61.5. The average Bonchev–Trinajstić information content (AvgIpc) is 1.03. The molecule has 14 heteroatoms. The highest BCUT2D eigenvalue weighted by Gasteiger charge is 2.52. The molecule has 0 radical (unpaired) electrons. The number of ether oxygens (including phenoxy) is 12. The van der Waals surface area contributed by atoms with E-state index in [1.165, 1.54) is 6.07 Å². The molecule has 0 bridgehead atoms. The predicted octanol–water partition coefficient (Wildman–Crippen LogP) is 13.5. The number of hydrogen-bond acceptors (Lipinski definition) is 14. The maximum Gasteiger partial charge on any atom is 0.339 e. The van der Waals surface area contributed by atoms with Crippen LogP contribution in [0.15, 0.2) is 261 Å². The second kappa shape index (κ2) is 32.8. The third-order valence-corrected chi connectivity index (χ3v) is 15.7. The summed E-state index contributed by atoms with van der Waals surface area (Å²) in [6.07, 6.45) is -9.31. The van der Waals surface area contributed by atoms with Crippen molar-refractivity contribution in [1.82, 2.24) is 0 Å². The zero-order valence-corrected chi connectivity index (χ0v) is 50.2. The van der Waals surface area contributed by atoms with Crippen LogP contribution in [0.4, 0.5) is 0 Å². The van der Waals surface area contributed by atoms with Gasteiger partial charge in [0.2, 0.25) is 0 Å². The number of carbonyl (C=O) groups is 2. The molecule has 0 N–H and O–H groups in total. The van der Waals surface area contributed by atoms with Gasteiger partial charge in [0.15, 0.2) is 12.6 Å². The molecule has 0 aliphatic carbocycles. The van der Waals surface area contributed by atoms with Gasteiger partial charge in [-0.1, -0.05) is 249 Å². The molecule has 9 aromatic carbocycles. The number of carbonyl (C=O) groups excluding carboxylic acids is 2. The van der Waals surface area contributed by atoms with Gasteiger partial charge >= 0.3 is 11.9 Å². The van der Waals surface area contributed by atoms with E-state index in [1.54, 1.807) is 25.3 Å². The summed E-state index contributed by atoms with van der Waals surface area (Å²) in [5, 5.41) is 0. The predicted molar refractivity (Wildman–Crippen MR) is 338 cm³/mol. The fourth-order valence-corrected chi connectivity index (χ4v) is 11.0. The minimum absolute atomic E-state index is 0.00650. The van der Waals surface area contributed by atoms with Crippen LogP contribution in [0.1, 0.15) is 59.7 Å². The minimum atomic E-state index is -1.23. The van der Waals surface area contributed by atoms with Gasteiger partial charge in [-0.2, -0.15) is 0 Å². The number of hydrogen-bond donors (Lipinski definition) is 0. The first-order valence-electron chi connectivity index (χ1n) is 30.4. The van der Waals surface area contributed by atoms with Crippen molar-refractivity contribution in [2.75, 3.05) is 20.3 Å². The lowest BCUT2D eigenvalue weighted by atomic mass is 9.96. The Balaban J connectivity index is 0.905. The number of benzene rings is 9. The summed E-state index contributed by atoms with van der Waals surface area (Å²) >= 11 is 0. The molecule has 10 atom stereocenters. The van der Waals surface area contributed by atoms with Crippen LogP contribution >= 0.6 is 0 Å². The minimum Gasteiger partial charge on any atom is -0.459 e. The van der Waals surface area contributed by atoms with Crippen molar-refractivity contribution in [3.8, 4) is 11.1 Å². The van der Waals surface area contributed by atoms with Gasteiger partial charge in [0.1, 0.15) is 62.0 Å². The normalized spacial score (nSPS) is 21.5. The molecule has 2 heterocycles. The van der Waals surface area contributed by atoms with Crippen LogP contribution in [0.5, 0.6) is 0 Å². The third-order valence-electron chi connectivity index (χ3n) is 15.7. The van der Waals surface area contributed by atoms with Crippen LogP contribution < -0.4 is 0 Å². The highest BCUT2D eigenvalue weighted by molar-refractivity contribution is 6.03. The van der Waals surface area contributed by atoms with Crippen molar-refractivity contribution >= 4 is 11.9 Å². The number of rotatable bonds is 29. The Kier molecular flexibility index (Phi) is 23.0. The Labute approximate surface area is 526 Å². The van der Waals surface area contributed by atoms with Gasteiger partial charge in [0.05, 0.1) is 57.4 Å². The number of methoxy groups -OCH3 is 1. The first-order chi connectivity index (χ1) is 44.4. The van der Waals surface area contributed by atoms with Crippen LogP contribution in [0.3, 0.4) is 0 Å². The second-order valence-corrected chi connectivity index (χ2v) is 22.0. The summed E-state index contributed by atoms with van der Waals surface area (Å²) in [6.45, 7) is 0.571. The second-order valence-electron chi connectivity index (χ2n) is 22.0. The monoisotopic (exact) mass is 1210 g/mol. The van der Waals surface area contributed by atoms with Crippen LogP contribution in [0, 0.1) is 0 Å². The van der Waals surface area contributed by atoms with E-state index in [2.05, 4.69) is 0 Å². The first kappa shape index (κ1) is 63.1. The Morgan fingerprint density at radius 2 is 0.589 bits per heavy atom. The summed E-state index contributed by atoms with van der Waals surface area (Å²) in [6, 6.07) is 83.2. The Morgan fingerprint density at radius 3 is 0.989 bits per heavy atom. The molecule has 0 unspecified atom stereocenters. The van der Waals surface area contributed by atoms with E-state index in [1.807, 2.05) is 237 Å². The molecule has 0 amide bonds. The molecule has 90 heavy (non-hydrogen) atoms. The SMILES string of the molecule is CO[C@H]1O[C@H](CO[C@H]2O[C@H](COC(=O)c3ccccc3C(=O)OCc3ccc(-c4ccccc4)cc3)[C@@H](OCc3ccccc3)[C@H](OCc3ccccc3)[C@H]2OCc2ccccc2)[C@@H](OCc2ccccc2)[C@H](OCc2ccccc2)[C@H]1OCc1ccccc1. The van der Waals surface area contributed by atoms with Gasteiger partial charge in [0.25, 0.3) is 0 Å². The maximum atomic E-state index is 14.6. The van der Waals surface area contributed by atoms with Crippen LogP contribution in [0.2, 0.25) is 0 Å². The largest absolute Gasteiger partial charge is 0.459 e. The quantitative estimate of drug-likeness (QED) is 0.0410. The molecule has 14 nitrogen and oxygen atoms in total. The van der Waals surface area contributed by atoms with Gasteiger partial charge in [0, 0.05) is 7.11 Å². The lowest BCUT2D eigenvalue weighted by Crippen LogP contribution is -2.64. The molecule has 2 fully saturated rings. The third kappa shape index (κ3) is 17.5. The van der Waals surface area contributed by atoms with Gasteiger partial charge < -0.3 is 56.8 Å². The molecule has 2 aliphatic rings. The summed E-state index contributed by atoms with van der Waals surface area (Å²) in [7, 11) is 1.57. The first-order valence-corrected chi connectivity index (χ1v) is 30.4. The topological polar surface area (TPSA) is 145 Å². The van der Waals surface area contributed by atoms with Crippen LogP contribution in [0.25, 0.3) is 11.1 Å². The highest BCUT2D eigenvalue weighted by atomic mass is 16.8. The van der Waals surface area contributed by atoms with Crippen molar-refractivity contribution in [2.45, 2.75) is 108 Å². The highest BCUT2D eigenvalue weighted by Crippen LogP contribution is 2.35. The van der Waals surface area contributed by atoms with Gasteiger partial charge in [-0.25, -0.2) is 9.59 Å². The lowest BCUT2D eigenvalue weighted by molar-refractivity contribution is -0.350. The van der Waals surface area contributed by atoms with E-state index in [-0.39, 0.29) is 70.6 Å². The van der Waals surface area contributed by atoms with Gasteiger partial charge in [-0.05, 0) is 62.2 Å². The van der Waals surface area contributed by atoms with Crippen molar-refractivity contribution in [3.63, 3.8) is 0 Å². The van der Waals surface area contributed by atoms with E-state index in [9.17, 15) is 9.59 Å². The molecule has 2 saturated heterocycles. The average molecular weight is 1210 g/mol. The molecule has 11 rings (SSSR count). The van der Waals surface area contributed by atoms with Crippen molar-refractivity contribution < 1.29 is 66.4 Å². The molecule has 462 valence electrons. The fraction of sp³-hybridized carbons (Fsp3) is 0.263. The zero-order valence-electron chi connectivity index (χ0n) is 50.2. The summed E-state index contributed by atoms with van der Waals surface area (Å²) < 4.78 is 81.0. The van der Waals surface area contributed by atoms with Crippen LogP contribution in [-0.2, 0) is 103 Å². The Bertz CT molecular complexity index is 3550. The van der Waals surface area contributed by atoms with Crippen molar-refractivity contribution in [3.05, 3.63) is 311 Å². The molecule has 0 spiro atoms. The molecular weight excluding hydrogens is 1140 g/mol. The summed E-state index contributed by atoms with van der Waals surface area (Å²) in [4.78, 5) is 28.5. The van der Waals surface area contributed by atoms with E-state index in [0.717, 1.165) is 50.1 Å².